The number of aliphatic hydroxyl groups is 1. The third-order valence-corrected chi connectivity index (χ3v) is 3.67. The van der Waals surface area contributed by atoms with Crippen molar-refractivity contribution >= 4 is 0 Å². The van der Waals surface area contributed by atoms with Crippen LogP contribution in [0.15, 0.2) is 16.7 Å². The zero-order chi connectivity index (χ0) is 12.3. The predicted octanol–water partition coefficient (Wildman–Crippen LogP) is 2.66. The molecule has 1 aliphatic rings. The van der Waals surface area contributed by atoms with E-state index in [1.807, 2.05) is 0 Å². The Hall–Kier alpha value is -0.800. The summed E-state index contributed by atoms with van der Waals surface area (Å²) in [5, 5.41) is 12.6. The lowest BCUT2D eigenvalue weighted by molar-refractivity contribution is 0.200. The maximum Gasteiger partial charge on any atom is 0.108 e. The second-order valence-corrected chi connectivity index (χ2v) is 5.76. The molecule has 1 unspecified atom stereocenters. The maximum atomic E-state index is 9.02. The summed E-state index contributed by atoms with van der Waals surface area (Å²) in [6.07, 6.45) is 6.08. The van der Waals surface area contributed by atoms with E-state index in [0.29, 0.717) is 6.04 Å². The number of aliphatic hydroxyl groups excluding tert-OH is 1. The molecule has 1 heterocycles. The van der Waals surface area contributed by atoms with Gasteiger partial charge in [0, 0.05) is 31.2 Å². The number of rotatable bonds is 5. The molecule has 1 atom stereocenters. The quantitative estimate of drug-likeness (QED) is 0.827. The van der Waals surface area contributed by atoms with Crippen LogP contribution >= 0.6 is 0 Å². The second-order valence-electron chi connectivity index (χ2n) is 5.76. The van der Waals surface area contributed by atoms with Crippen molar-refractivity contribution in [3.05, 3.63) is 23.7 Å². The molecule has 1 aromatic rings. The van der Waals surface area contributed by atoms with Crippen LogP contribution in [0.3, 0.4) is 0 Å². The molecule has 3 heteroatoms. The van der Waals surface area contributed by atoms with E-state index < -0.39 is 0 Å². The molecule has 1 aromatic heterocycles. The number of hydrogen-bond acceptors (Lipinski definition) is 3. The van der Waals surface area contributed by atoms with Gasteiger partial charge in [-0.15, -0.1) is 0 Å². The molecule has 0 aliphatic heterocycles. The number of hydrogen-bond donors (Lipinski definition) is 2. The van der Waals surface area contributed by atoms with Crippen LogP contribution < -0.4 is 5.32 Å². The van der Waals surface area contributed by atoms with E-state index in [1.165, 1.54) is 18.4 Å². The van der Waals surface area contributed by atoms with Gasteiger partial charge in [0.15, 0.2) is 0 Å². The highest BCUT2D eigenvalue weighted by molar-refractivity contribution is 5.24. The van der Waals surface area contributed by atoms with E-state index in [2.05, 4.69) is 25.2 Å². The molecule has 3 nitrogen and oxygen atoms in total. The molecule has 0 amide bonds. The second kappa shape index (κ2) is 5.23. The zero-order valence-corrected chi connectivity index (χ0v) is 10.8. The zero-order valence-electron chi connectivity index (χ0n) is 10.8. The molecule has 0 spiro atoms. The van der Waals surface area contributed by atoms with Gasteiger partial charge in [0.1, 0.15) is 5.76 Å². The van der Waals surface area contributed by atoms with Gasteiger partial charge in [-0.2, -0.15) is 0 Å². The van der Waals surface area contributed by atoms with E-state index in [0.717, 1.165) is 25.1 Å². The van der Waals surface area contributed by atoms with E-state index in [9.17, 15) is 0 Å². The van der Waals surface area contributed by atoms with Gasteiger partial charge in [0.05, 0.1) is 6.26 Å². The Labute approximate surface area is 103 Å². The first kappa shape index (κ1) is 12.7. The van der Waals surface area contributed by atoms with Gasteiger partial charge in [0.2, 0.25) is 0 Å². The van der Waals surface area contributed by atoms with Crippen LogP contribution in [0.25, 0.3) is 0 Å². The predicted molar refractivity (Wildman–Crippen MR) is 67.9 cm³/mol. The Morgan fingerprint density at radius 3 is 3.12 bits per heavy atom. The molecule has 2 N–H and O–H groups in total. The van der Waals surface area contributed by atoms with Crippen molar-refractivity contribution in [2.45, 2.75) is 45.6 Å². The molecule has 0 radical (unpaired) electrons. The van der Waals surface area contributed by atoms with Crippen molar-refractivity contribution in [3.63, 3.8) is 0 Å². The van der Waals surface area contributed by atoms with Crippen molar-refractivity contribution < 1.29 is 9.52 Å². The standard InChI is InChI=1S/C14H23NO2/c1-14(2,7-8-16)10-15-12-4-3-5-13-11(12)6-9-17-13/h6,9,12,15-16H,3-5,7-8,10H2,1-2H3. The fourth-order valence-corrected chi connectivity index (χ4v) is 2.49. The van der Waals surface area contributed by atoms with Crippen LogP contribution in [0, 0.1) is 5.41 Å². The highest BCUT2D eigenvalue weighted by Crippen LogP contribution is 2.31. The monoisotopic (exact) mass is 237 g/mol. The summed E-state index contributed by atoms with van der Waals surface area (Å²) >= 11 is 0. The first-order valence-electron chi connectivity index (χ1n) is 6.53. The van der Waals surface area contributed by atoms with E-state index in [4.69, 9.17) is 9.52 Å². The highest BCUT2D eigenvalue weighted by atomic mass is 16.3. The van der Waals surface area contributed by atoms with Gasteiger partial charge in [-0.1, -0.05) is 13.8 Å². The highest BCUT2D eigenvalue weighted by Gasteiger charge is 2.25. The first-order chi connectivity index (χ1) is 8.12. The fourth-order valence-electron chi connectivity index (χ4n) is 2.49. The van der Waals surface area contributed by atoms with Crippen molar-refractivity contribution in [2.24, 2.45) is 5.41 Å². The lowest BCUT2D eigenvalue weighted by atomic mass is 9.87. The first-order valence-corrected chi connectivity index (χ1v) is 6.53. The van der Waals surface area contributed by atoms with Crippen LogP contribution in [0.1, 0.15) is 50.5 Å². The van der Waals surface area contributed by atoms with Crippen molar-refractivity contribution in [3.8, 4) is 0 Å². The van der Waals surface area contributed by atoms with E-state index >= 15 is 0 Å². The van der Waals surface area contributed by atoms with Crippen LogP contribution in [-0.4, -0.2) is 18.3 Å². The minimum atomic E-state index is 0.149. The number of fused-ring (bicyclic) bond motifs is 1. The topological polar surface area (TPSA) is 45.4 Å². The summed E-state index contributed by atoms with van der Waals surface area (Å²) in [7, 11) is 0. The lowest BCUT2D eigenvalue weighted by Crippen LogP contribution is -2.34. The van der Waals surface area contributed by atoms with E-state index in [-0.39, 0.29) is 12.0 Å². The molecule has 1 aliphatic carbocycles. The molecule has 2 rings (SSSR count). The molecule has 0 fully saturated rings. The van der Waals surface area contributed by atoms with Crippen LogP contribution in [0.5, 0.6) is 0 Å². The maximum absolute atomic E-state index is 9.02. The molecular weight excluding hydrogens is 214 g/mol. The molecule has 96 valence electrons. The SMILES string of the molecule is CC(C)(CCO)CNC1CCCc2occc21. The smallest absolute Gasteiger partial charge is 0.108 e. The van der Waals surface area contributed by atoms with Crippen LogP contribution in [0.2, 0.25) is 0 Å². The summed E-state index contributed by atoms with van der Waals surface area (Å²) < 4.78 is 5.49. The van der Waals surface area contributed by atoms with Gasteiger partial charge >= 0.3 is 0 Å². The van der Waals surface area contributed by atoms with Crippen molar-refractivity contribution in [1.29, 1.82) is 0 Å². The minimum Gasteiger partial charge on any atom is -0.469 e. The Kier molecular flexibility index (Phi) is 3.89. The third kappa shape index (κ3) is 3.11. The molecule has 0 bridgehead atoms. The number of aryl methyl sites for hydroxylation is 1. The lowest BCUT2D eigenvalue weighted by Gasteiger charge is -2.29. The van der Waals surface area contributed by atoms with Crippen LogP contribution in [-0.2, 0) is 6.42 Å². The summed E-state index contributed by atoms with van der Waals surface area (Å²) in [5.41, 5.74) is 1.48. The largest absolute Gasteiger partial charge is 0.469 e. The number of furan rings is 1. The summed E-state index contributed by atoms with van der Waals surface area (Å²) in [4.78, 5) is 0. The molecule has 0 saturated carbocycles. The Bertz CT molecular complexity index is 357. The van der Waals surface area contributed by atoms with Gasteiger partial charge in [-0.05, 0) is 30.7 Å². The normalized spacial score (nSPS) is 20.3. The van der Waals surface area contributed by atoms with Crippen LogP contribution in [0.4, 0.5) is 0 Å². The van der Waals surface area contributed by atoms with Crippen molar-refractivity contribution in [2.75, 3.05) is 13.2 Å². The molecule has 17 heavy (non-hydrogen) atoms. The van der Waals surface area contributed by atoms with Gasteiger partial charge in [-0.3, -0.25) is 0 Å². The molecule has 0 aromatic carbocycles. The van der Waals surface area contributed by atoms with Gasteiger partial charge in [0.25, 0.3) is 0 Å². The fraction of sp³-hybridized carbons (Fsp3) is 0.714. The Morgan fingerprint density at radius 1 is 1.53 bits per heavy atom. The molecular formula is C14H23NO2. The van der Waals surface area contributed by atoms with E-state index in [1.54, 1.807) is 6.26 Å². The van der Waals surface area contributed by atoms with Gasteiger partial charge < -0.3 is 14.8 Å². The summed E-state index contributed by atoms with van der Waals surface area (Å²) in [6, 6.07) is 2.51. The molecule has 0 saturated heterocycles. The Morgan fingerprint density at radius 2 is 2.35 bits per heavy atom. The Balaban J connectivity index is 1.93. The average Bonchev–Trinajstić information content (AvgIpc) is 2.74. The minimum absolute atomic E-state index is 0.149. The third-order valence-electron chi connectivity index (χ3n) is 3.67. The van der Waals surface area contributed by atoms with Gasteiger partial charge in [-0.25, -0.2) is 0 Å². The van der Waals surface area contributed by atoms with Crippen molar-refractivity contribution in [1.82, 2.24) is 5.32 Å². The average molecular weight is 237 g/mol. The number of nitrogens with one attached hydrogen (secondary N) is 1. The summed E-state index contributed by atoms with van der Waals surface area (Å²) in [6.45, 7) is 5.57. The summed E-state index contributed by atoms with van der Waals surface area (Å²) in [5.74, 6) is 1.15.